The minimum absolute atomic E-state index is 0.218. The Morgan fingerprint density at radius 3 is 1.97 bits per heavy atom. The highest BCUT2D eigenvalue weighted by molar-refractivity contribution is 6.30. The lowest BCUT2D eigenvalue weighted by molar-refractivity contribution is 0.689. The fourth-order valence-corrected chi connectivity index (χ4v) is 10.4. The number of hydrogen-bond acceptors (Lipinski definition) is 1. The molecule has 0 spiro atoms. The maximum Gasteiger partial charge on any atom is 0.0718 e. The van der Waals surface area contributed by atoms with Crippen molar-refractivity contribution >= 4 is 48.9 Å². The summed E-state index contributed by atoms with van der Waals surface area (Å²) >= 11 is 0. The van der Waals surface area contributed by atoms with E-state index in [1.165, 1.54) is 99.1 Å². The molecule has 0 fully saturated rings. The molecule has 0 amide bonds. The Bertz CT molecular complexity index is 3440. The summed E-state index contributed by atoms with van der Waals surface area (Å²) in [6.07, 6.45) is 12.7. The molecule has 60 heavy (non-hydrogen) atoms. The molecule has 0 saturated heterocycles. The molecule has 0 bridgehead atoms. The Kier molecular flexibility index (Phi) is 7.23. The minimum Gasteiger partial charge on any atom is -0.309 e. The Morgan fingerprint density at radius 2 is 1.15 bits per heavy atom. The van der Waals surface area contributed by atoms with E-state index in [0.717, 1.165) is 23.4 Å². The van der Waals surface area contributed by atoms with Gasteiger partial charge in [0.1, 0.15) is 0 Å². The molecule has 0 saturated carbocycles. The molecule has 13 rings (SSSR count). The number of pyridine rings is 1. The molecule has 2 aromatic heterocycles. The van der Waals surface area contributed by atoms with Crippen molar-refractivity contribution in [3.05, 3.63) is 234 Å². The molecule has 8 aromatic carbocycles. The third-order valence-corrected chi connectivity index (χ3v) is 13.2. The van der Waals surface area contributed by atoms with Crippen LogP contribution in [0.25, 0.3) is 88.1 Å². The predicted octanol–water partition coefficient (Wildman–Crippen LogP) is 14.7. The van der Waals surface area contributed by atoms with Crippen molar-refractivity contribution in [2.75, 3.05) is 0 Å². The van der Waals surface area contributed by atoms with Crippen LogP contribution in [-0.2, 0) is 6.42 Å². The van der Waals surface area contributed by atoms with Gasteiger partial charge in [-0.1, -0.05) is 164 Å². The molecule has 2 heteroatoms. The molecule has 0 radical (unpaired) electrons. The van der Waals surface area contributed by atoms with E-state index in [0.29, 0.717) is 0 Å². The van der Waals surface area contributed by atoms with Crippen molar-refractivity contribution in [1.82, 2.24) is 9.55 Å². The zero-order valence-corrected chi connectivity index (χ0v) is 32.9. The Labute approximate surface area is 348 Å². The van der Waals surface area contributed by atoms with Crippen LogP contribution in [0, 0.1) is 5.92 Å². The lowest BCUT2D eigenvalue weighted by Gasteiger charge is -2.31. The molecule has 3 aliphatic rings. The monoisotopic (exact) mass is 762 g/mol. The summed E-state index contributed by atoms with van der Waals surface area (Å²) in [5, 5.41) is 8.03. The first kappa shape index (κ1) is 33.4. The van der Waals surface area contributed by atoms with E-state index in [1.54, 1.807) is 0 Å². The van der Waals surface area contributed by atoms with Crippen LogP contribution in [0.3, 0.4) is 0 Å². The number of benzene rings is 8. The van der Waals surface area contributed by atoms with Gasteiger partial charge >= 0.3 is 0 Å². The van der Waals surface area contributed by atoms with Gasteiger partial charge in [-0.3, -0.25) is 0 Å². The van der Waals surface area contributed by atoms with Crippen molar-refractivity contribution in [3.8, 4) is 39.2 Å². The number of rotatable bonds is 5. The third-order valence-electron chi connectivity index (χ3n) is 13.2. The Hall–Kier alpha value is -7.55. The highest BCUT2D eigenvalue weighted by Crippen LogP contribution is 2.52. The van der Waals surface area contributed by atoms with Gasteiger partial charge in [0.2, 0.25) is 0 Å². The summed E-state index contributed by atoms with van der Waals surface area (Å²) < 4.78 is 2.51. The van der Waals surface area contributed by atoms with Gasteiger partial charge in [0.15, 0.2) is 0 Å². The number of aromatic nitrogens is 2. The van der Waals surface area contributed by atoms with E-state index in [2.05, 4.69) is 211 Å². The first-order valence-electron chi connectivity index (χ1n) is 21.1. The fourth-order valence-electron chi connectivity index (χ4n) is 10.4. The van der Waals surface area contributed by atoms with Crippen molar-refractivity contribution in [3.63, 3.8) is 0 Å². The van der Waals surface area contributed by atoms with Crippen LogP contribution in [0.5, 0.6) is 0 Å². The number of nitrogens with zero attached hydrogens (tertiary/aromatic N) is 2. The van der Waals surface area contributed by atoms with Gasteiger partial charge < -0.3 is 4.57 Å². The van der Waals surface area contributed by atoms with Crippen molar-refractivity contribution in [2.24, 2.45) is 5.92 Å². The molecule has 0 aliphatic heterocycles. The van der Waals surface area contributed by atoms with Crippen LogP contribution in [-0.4, -0.2) is 9.55 Å². The average molecular weight is 763 g/mol. The summed E-state index contributed by atoms with van der Waals surface area (Å²) in [6.45, 7) is 0. The van der Waals surface area contributed by atoms with Gasteiger partial charge in [0.25, 0.3) is 0 Å². The summed E-state index contributed by atoms with van der Waals surface area (Å²) in [7, 11) is 0. The zero-order valence-electron chi connectivity index (χ0n) is 32.9. The van der Waals surface area contributed by atoms with Crippen LogP contribution in [0.4, 0.5) is 0 Å². The van der Waals surface area contributed by atoms with Gasteiger partial charge in [-0.25, -0.2) is 4.98 Å². The second kappa shape index (κ2) is 13.0. The molecule has 2 heterocycles. The molecule has 10 aromatic rings. The van der Waals surface area contributed by atoms with E-state index in [1.807, 2.05) is 0 Å². The predicted molar refractivity (Wildman–Crippen MR) is 251 cm³/mol. The zero-order chi connectivity index (χ0) is 39.3. The molecule has 2 nitrogen and oxygen atoms in total. The second-order valence-corrected chi connectivity index (χ2v) is 16.6. The first-order valence-corrected chi connectivity index (χ1v) is 21.1. The SMILES string of the molecule is C1=CC2C=C(c3cc(-c4ccccc4)cc(-c4ccccc4)n3)c3ccc(-c4cc5c6ccccc6n(-c6ccccc6)c5c5c6c(c7ccccc7c45)C6)cc3C2C=C1. The molecule has 3 aliphatic carbocycles. The van der Waals surface area contributed by atoms with Crippen LogP contribution < -0.4 is 0 Å². The molecule has 2 unspecified atom stereocenters. The van der Waals surface area contributed by atoms with Crippen molar-refractivity contribution < 1.29 is 0 Å². The van der Waals surface area contributed by atoms with Crippen molar-refractivity contribution in [2.45, 2.75) is 12.3 Å². The summed E-state index contributed by atoms with van der Waals surface area (Å²) in [5.74, 6) is 0.444. The van der Waals surface area contributed by atoms with Gasteiger partial charge in [-0.05, 0) is 110 Å². The first-order chi connectivity index (χ1) is 29.8. The molecule has 280 valence electrons. The maximum absolute atomic E-state index is 5.44. The van der Waals surface area contributed by atoms with Crippen LogP contribution in [0.1, 0.15) is 33.9 Å². The minimum atomic E-state index is 0.218. The van der Waals surface area contributed by atoms with Crippen LogP contribution in [0.15, 0.2) is 206 Å². The highest BCUT2D eigenvalue weighted by Gasteiger charge is 2.32. The number of para-hydroxylation sites is 2. The largest absolute Gasteiger partial charge is 0.309 e. The number of allylic oxidation sites excluding steroid dienone is 5. The van der Waals surface area contributed by atoms with E-state index < -0.39 is 0 Å². The summed E-state index contributed by atoms with van der Waals surface area (Å²) in [5.41, 5.74) is 18.5. The standard InChI is InChI=1S/C58H38N2/c1-4-16-36(17-5-1)40-32-53(37-18-6-2-7-19-37)59-54(33-40)50-31-38-20-10-11-23-42(38)48-30-39(28-29-44(48)50)47-34-52-45-25-14-15-27-55(45)60(41-21-8-3-9-22-41)58(52)57-51-35-49(51)43-24-12-13-26-46(43)56(47)57/h1-34,38,42H,35H2. The van der Waals surface area contributed by atoms with Gasteiger partial charge in [0, 0.05) is 44.8 Å². The van der Waals surface area contributed by atoms with Gasteiger partial charge in [-0.15, -0.1) is 0 Å². The van der Waals surface area contributed by atoms with E-state index >= 15 is 0 Å². The quantitative estimate of drug-likeness (QED) is 0.160. The Balaban J connectivity index is 1.08. The Morgan fingerprint density at radius 1 is 0.467 bits per heavy atom. The summed E-state index contributed by atoms with van der Waals surface area (Å²) in [6, 6.07) is 64.6. The topological polar surface area (TPSA) is 17.8 Å². The average Bonchev–Trinajstić information content (AvgIpc) is 4.07. The van der Waals surface area contributed by atoms with Crippen molar-refractivity contribution in [1.29, 1.82) is 0 Å². The van der Waals surface area contributed by atoms with Crippen LogP contribution >= 0.6 is 0 Å². The molecule has 2 atom stereocenters. The van der Waals surface area contributed by atoms with Crippen LogP contribution in [0.2, 0.25) is 0 Å². The third kappa shape index (κ3) is 5.04. The molecular weight excluding hydrogens is 725 g/mol. The van der Waals surface area contributed by atoms with E-state index in [4.69, 9.17) is 4.98 Å². The number of fused-ring (bicyclic) bond motifs is 13. The molecule has 0 N–H and O–H groups in total. The molecular formula is C58H38N2. The number of hydrogen-bond donors (Lipinski definition) is 0. The maximum atomic E-state index is 5.44. The lowest BCUT2D eigenvalue weighted by Crippen LogP contribution is -2.17. The normalized spacial score (nSPS) is 16.2. The van der Waals surface area contributed by atoms with E-state index in [-0.39, 0.29) is 11.8 Å². The highest BCUT2D eigenvalue weighted by atomic mass is 15.0. The fraction of sp³-hybridized carbons (Fsp3) is 0.0517. The smallest absolute Gasteiger partial charge is 0.0718 e. The second-order valence-electron chi connectivity index (χ2n) is 16.6. The van der Waals surface area contributed by atoms with Gasteiger partial charge in [-0.2, -0.15) is 0 Å². The lowest BCUT2D eigenvalue weighted by atomic mass is 9.73. The summed E-state index contributed by atoms with van der Waals surface area (Å²) in [4.78, 5) is 5.44. The van der Waals surface area contributed by atoms with Gasteiger partial charge in [0.05, 0.1) is 22.4 Å². The van der Waals surface area contributed by atoms with E-state index in [9.17, 15) is 0 Å².